The van der Waals surface area contributed by atoms with E-state index in [2.05, 4.69) is 81.5 Å². The van der Waals surface area contributed by atoms with E-state index < -0.39 is 6.10 Å². The minimum absolute atomic E-state index is 0.0876. The summed E-state index contributed by atoms with van der Waals surface area (Å²) in [7, 11) is 0. The van der Waals surface area contributed by atoms with Crippen LogP contribution in [-0.4, -0.2) is 37.2 Å². The minimum Gasteiger partial charge on any atom is -0.462 e. The molecule has 1 atom stereocenters. The fourth-order valence-electron chi connectivity index (χ4n) is 7.40. The number of rotatable bonds is 48. The number of ether oxygens (including phenoxy) is 3. The van der Waals surface area contributed by atoms with Gasteiger partial charge >= 0.3 is 17.9 Å². The number of hydrogen-bond acceptors (Lipinski definition) is 6. The number of hydrogen-bond donors (Lipinski definition) is 0. The van der Waals surface area contributed by atoms with Crippen molar-refractivity contribution in [2.45, 2.75) is 271 Å². The van der Waals surface area contributed by atoms with Gasteiger partial charge in [0.25, 0.3) is 0 Å². The van der Waals surface area contributed by atoms with Gasteiger partial charge in [0.2, 0.25) is 0 Å². The summed E-state index contributed by atoms with van der Waals surface area (Å²) in [5, 5.41) is 0. The molecule has 0 saturated heterocycles. The molecule has 0 aliphatic carbocycles. The summed E-state index contributed by atoms with van der Waals surface area (Å²) in [5.41, 5.74) is 0. The quantitative estimate of drug-likeness (QED) is 0.0199. The summed E-state index contributed by atoms with van der Waals surface area (Å²) in [6.07, 6.45) is 63.4. The molecule has 0 bridgehead atoms. The molecule has 0 saturated carbocycles. The zero-order chi connectivity index (χ0) is 45.8. The predicted octanol–water partition coefficient (Wildman–Crippen LogP) is 17.6. The Labute approximate surface area is 390 Å². The highest BCUT2D eigenvalue weighted by molar-refractivity contribution is 5.71. The van der Waals surface area contributed by atoms with Crippen molar-refractivity contribution in [3.63, 3.8) is 0 Å². The van der Waals surface area contributed by atoms with E-state index in [1.165, 1.54) is 128 Å². The van der Waals surface area contributed by atoms with E-state index in [1.54, 1.807) is 0 Å². The normalized spacial score (nSPS) is 12.5. The van der Waals surface area contributed by atoms with Crippen LogP contribution in [0, 0.1) is 0 Å². The SMILES string of the molecule is CCCCC/C=C\C=C/CCCCCCCCC(=O)OC(COC(=O)CCCCC/C=C\CCCCCCCC)COC(=O)CCCCCCCCC/C=C\C/C=C\CCCCC. The molecule has 63 heavy (non-hydrogen) atoms. The molecule has 6 heteroatoms. The fourth-order valence-corrected chi connectivity index (χ4v) is 7.40. The maximum atomic E-state index is 12.8. The lowest BCUT2D eigenvalue weighted by atomic mass is 10.1. The van der Waals surface area contributed by atoms with Crippen LogP contribution in [0.25, 0.3) is 0 Å². The minimum atomic E-state index is -0.789. The zero-order valence-corrected chi connectivity index (χ0v) is 41.6. The molecular weight excluding hydrogens is 781 g/mol. The van der Waals surface area contributed by atoms with Crippen molar-refractivity contribution in [1.82, 2.24) is 0 Å². The van der Waals surface area contributed by atoms with Gasteiger partial charge in [-0.25, -0.2) is 0 Å². The second kappa shape index (κ2) is 51.7. The monoisotopic (exact) mass is 881 g/mol. The highest BCUT2D eigenvalue weighted by Crippen LogP contribution is 2.14. The third-order valence-corrected chi connectivity index (χ3v) is 11.5. The number of carbonyl (C=O) groups is 3. The second-order valence-electron chi connectivity index (χ2n) is 17.8. The van der Waals surface area contributed by atoms with Crippen LogP contribution >= 0.6 is 0 Å². The van der Waals surface area contributed by atoms with Gasteiger partial charge in [-0.3, -0.25) is 14.4 Å². The third-order valence-electron chi connectivity index (χ3n) is 11.5. The predicted molar refractivity (Wildman–Crippen MR) is 270 cm³/mol. The molecule has 0 radical (unpaired) electrons. The summed E-state index contributed by atoms with van der Waals surface area (Å²) in [6, 6.07) is 0. The molecule has 0 heterocycles. The van der Waals surface area contributed by atoms with Crippen LogP contribution in [0.4, 0.5) is 0 Å². The van der Waals surface area contributed by atoms with Crippen molar-refractivity contribution < 1.29 is 28.6 Å². The van der Waals surface area contributed by atoms with Crippen LogP contribution in [-0.2, 0) is 28.6 Å². The van der Waals surface area contributed by atoms with Crippen LogP contribution in [0.5, 0.6) is 0 Å². The van der Waals surface area contributed by atoms with E-state index >= 15 is 0 Å². The average Bonchev–Trinajstić information content (AvgIpc) is 3.28. The molecule has 0 fully saturated rings. The molecule has 6 nitrogen and oxygen atoms in total. The van der Waals surface area contributed by atoms with Crippen molar-refractivity contribution in [3.05, 3.63) is 60.8 Å². The van der Waals surface area contributed by atoms with E-state index in [1.807, 2.05) is 0 Å². The van der Waals surface area contributed by atoms with Gasteiger partial charge in [-0.2, -0.15) is 0 Å². The highest BCUT2D eigenvalue weighted by atomic mass is 16.6. The van der Waals surface area contributed by atoms with Gasteiger partial charge < -0.3 is 14.2 Å². The van der Waals surface area contributed by atoms with Gasteiger partial charge in [-0.1, -0.05) is 204 Å². The van der Waals surface area contributed by atoms with Crippen molar-refractivity contribution in [2.75, 3.05) is 13.2 Å². The molecule has 0 aliphatic rings. The van der Waals surface area contributed by atoms with Crippen molar-refractivity contribution in [3.8, 4) is 0 Å². The summed E-state index contributed by atoms with van der Waals surface area (Å²) < 4.78 is 16.8. The van der Waals surface area contributed by atoms with Crippen LogP contribution < -0.4 is 0 Å². The lowest BCUT2D eigenvalue weighted by molar-refractivity contribution is -0.167. The van der Waals surface area contributed by atoms with E-state index in [9.17, 15) is 14.4 Å². The Bertz CT molecular complexity index is 1150. The van der Waals surface area contributed by atoms with Gasteiger partial charge in [-0.05, 0) is 103 Å². The largest absolute Gasteiger partial charge is 0.462 e. The number of carbonyl (C=O) groups excluding carboxylic acids is 3. The van der Waals surface area contributed by atoms with Crippen molar-refractivity contribution in [2.24, 2.45) is 0 Å². The van der Waals surface area contributed by atoms with E-state index in [4.69, 9.17) is 14.2 Å². The average molecular weight is 881 g/mol. The zero-order valence-electron chi connectivity index (χ0n) is 41.6. The van der Waals surface area contributed by atoms with E-state index in [0.717, 1.165) is 96.3 Å². The van der Waals surface area contributed by atoms with Crippen LogP contribution in [0.1, 0.15) is 265 Å². The smallest absolute Gasteiger partial charge is 0.306 e. The van der Waals surface area contributed by atoms with Crippen LogP contribution in [0.15, 0.2) is 60.8 Å². The Morgan fingerprint density at radius 1 is 0.333 bits per heavy atom. The molecule has 0 rings (SSSR count). The molecule has 0 aromatic heterocycles. The Kier molecular flexibility index (Phi) is 49.4. The number of allylic oxidation sites excluding steroid dienone is 10. The lowest BCUT2D eigenvalue weighted by Crippen LogP contribution is -2.30. The first-order valence-corrected chi connectivity index (χ1v) is 26.8. The summed E-state index contributed by atoms with van der Waals surface area (Å²) >= 11 is 0. The molecule has 0 aromatic rings. The van der Waals surface area contributed by atoms with E-state index in [0.29, 0.717) is 19.3 Å². The van der Waals surface area contributed by atoms with Crippen LogP contribution in [0.3, 0.4) is 0 Å². The fraction of sp³-hybridized carbons (Fsp3) is 0.772. The first-order chi connectivity index (χ1) is 31.0. The standard InChI is InChI=1S/C57H100O6/c1-4-7-10-13-16-19-22-25-27-28-30-32-35-38-41-44-47-50-56(59)62-53-54(52-61-55(58)49-46-43-40-37-34-31-24-21-18-15-12-9-6-3)63-57(60)51-48-45-42-39-36-33-29-26-23-20-17-14-11-8-5-2/h16-17,19-20,23,25-27,31,34,54H,4-15,18,21-22,24,28-30,32-33,35-53H2,1-3H3/b19-16-,20-17-,26-23-,27-25-,34-31-. The summed E-state index contributed by atoms with van der Waals surface area (Å²) in [6.45, 7) is 6.56. The van der Waals surface area contributed by atoms with Gasteiger partial charge in [0.05, 0.1) is 0 Å². The summed E-state index contributed by atoms with van der Waals surface area (Å²) in [5.74, 6) is -0.918. The molecular formula is C57H100O6. The first-order valence-electron chi connectivity index (χ1n) is 26.8. The van der Waals surface area contributed by atoms with Gasteiger partial charge in [0.1, 0.15) is 13.2 Å². The second-order valence-corrected chi connectivity index (χ2v) is 17.8. The Hall–Kier alpha value is -2.89. The molecule has 0 aliphatic heterocycles. The van der Waals surface area contributed by atoms with Gasteiger partial charge in [-0.15, -0.1) is 0 Å². The molecule has 0 N–H and O–H groups in total. The summed E-state index contributed by atoms with van der Waals surface area (Å²) in [4.78, 5) is 38.0. The van der Waals surface area contributed by atoms with Gasteiger partial charge in [0, 0.05) is 19.3 Å². The van der Waals surface area contributed by atoms with Crippen LogP contribution in [0.2, 0.25) is 0 Å². The third kappa shape index (κ3) is 50.0. The first kappa shape index (κ1) is 60.1. The van der Waals surface area contributed by atoms with Crippen molar-refractivity contribution >= 4 is 17.9 Å². The highest BCUT2D eigenvalue weighted by Gasteiger charge is 2.19. The maximum absolute atomic E-state index is 12.8. The molecule has 0 spiro atoms. The molecule has 0 amide bonds. The number of esters is 3. The van der Waals surface area contributed by atoms with Crippen molar-refractivity contribution in [1.29, 1.82) is 0 Å². The number of unbranched alkanes of at least 4 members (excludes halogenated alkanes) is 28. The lowest BCUT2D eigenvalue weighted by Gasteiger charge is -2.18. The molecule has 1 unspecified atom stereocenters. The Morgan fingerprint density at radius 2 is 0.619 bits per heavy atom. The van der Waals surface area contributed by atoms with E-state index in [-0.39, 0.29) is 31.1 Å². The molecule has 364 valence electrons. The maximum Gasteiger partial charge on any atom is 0.306 e. The Balaban J connectivity index is 4.42. The molecule has 0 aromatic carbocycles. The topological polar surface area (TPSA) is 78.9 Å². The Morgan fingerprint density at radius 3 is 1.03 bits per heavy atom. The van der Waals surface area contributed by atoms with Gasteiger partial charge in [0.15, 0.2) is 6.10 Å².